The molecular weight excluding hydrogens is 378 g/mol. The summed E-state index contributed by atoms with van der Waals surface area (Å²) in [6, 6.07) is 12.3. The van der Waals surface area contributed by atoms with Crippen molar-refractivity contribution in [1.82, 2.24) is 5.32 Å². The van der Waals surface area contributed by atoms with Crippen LogP contribution in [0.2, 0.25) is 0 Å². The summed E-state index contributed by atoms with van der Waals surface area (Å²) in [5, 5.41) is 12.5. The standard InChI is InChI=1S/C24H33N3O3/c1-15-9-20(28)10-16(2)21(15)13-22(26)23(29)11-17(3)24(30)27-14-19(25)12-18-7-5-4-6-8-18/h4-10,17,19,22,28H,11-14,25-26H2,1-3H3,(H,27,30)/t17-,19+,22+/m1/s1. The van der Waals surface area contributed by atoms with Gasteiger partial charge in [-0.25, -0.2) is 0 Å². The average Bonchev–Trinajstić information content (AvgIpc) is 2.69. The van der Waals surface area contributed by atoms with Crippen molar-refractivity contribution in [3.05, 3.63) is 64.7 Å². The first kappa shape index (κ1) is 23.6. The minimum Gasteiger partial charge on any atom is -0.508 e. The summed E-state index contributed by atoms with van der Waals surface area (Å²) >= 11 is 0. The van der Waals surface area contributed by atoms with Gasteiger partial charge >= 0.3 is 0 Å². The van der Waals surface area contributed by atoms with Gasteiger partial charge in [0, 0.05) is 24.9 Å². The molecule has 0 aliphatic rings. The van der Waals surface area contributed by atoms with E-state index in [2.05, 4.69) is 5.32 Å². The van der Waals surface area contributed by atoms with Crippen molar-refractivity contribution in [2.24, 2.45) is 17.4 Å². The van der Waals surface area contributed by atoms with Gasteiger partial charge in [0.1, 0.15) is 5.75 Å². The number of benzene rings is 2. The molecule has 0 aliphatic carbocycles. The number of aromatic hydroxyl groups is 1. The summed E-state index contributed by atoms with van der Waals surface area (Å²) < 4.78 is 0. The van der Waals surface area contributed by atoms with E-state index >= 15 is 0 Å². The molecule has 0 saturated carbocycles. The second kappa shape index (κ2) is 10.9. The normalized spacial score (nSPS) is 14.0. The first-order valence-electron chi connectivity index (χ1n) is 10.3. The van der Waals surface area contributed by atoms with Gasteiger partial charge < -0.3 is 21.9 Å². The minimum absolute atomic E-state index is 0.0805. The minimum atomic E-state index is -0.692. The highest BCUT2D eigenvalue weighted by molar-refractivity contribution is 5.89. The Morgan fingerprint density at radius 1 is 1.03 bits per heavy atom. The SMILES string of the molecule is Cc1cc(O)cc(C)c1C[C@H](N)C(=O)C[C@@H](C)C(=O)NC[C@@H](N)Cc1ccccc1. The van der Waals surface area contributed by atoms with Crippen molar-refractivity contribution in [1.29, 1.82) is 0 Å². The highest BCUT2D eigenvalue weighted by Crippen LogP contribution is 2.22. The fourth-order valence-electron chi connectivity index (χ4n) is 3.57. The number of aryl methyl sites for hydroxylation is 2. The molecule has 2 aromatic carbocycles. The molecule has 0 spiro atoms. The molecule has 3 atom stereocenters. The van der Waals surface area contributed by atoms with Crippen LogP contribution in [0, 0.1) is 19.8 Å². The number of hydrogen-bond donors (Lipinski definition) is 4. The zero-order valence-corrected chi connectivity index (χ0v) is 18.0. The maximum Gasteiger partial charge on any atom is 0.223 e. The third-order valence-corrected chi connectivity index (χ3v) is 5.35. The molecule has 0 bridgehead atoms. The van der Waals surface area contributed by atoms with Gasteiger partial charge in [0.05, 0.1) is 6.04 Å². The average molecular weight is 412 g/mol. The van der Waals surface area contributed by atoms with E-state index in [9.17, 15) is 14.7 Å². The maximum atomic E-state index is 12.6. The van der Waals surface area contributed by atoms with Crippen LogP contribution in [0.25, 0.3) is 0 Å². The second-order valence-electron chi connectivity index (χ2n) is 8.14. The number of Topliss-reactive ketones (excluding diaryl/α,β-unsaturated/α-hetero) is 1. The second-order valence-corrected chi connectivity index (χ2v) is 8.14. The van der Waals surface area contributed by atoms with Gasteiger partial charge in [-0.1, -0.05) is 37.3 Å². The van der Waals surface area contributed by atoms with Crippen LogP contribution in [0.1, 0.15) is 35.6 Å². The Balaban J connectivity index is 1.82. The third kappa shape index (κ3) is 6.97. The molecule has 0 unspecified atom stereocenters. The van der Waals surface area contributed by atoms with Crippen LogP contribution in [-0.4, -0.2) is 35.4 Å². The maximum absolute atomic E-state index is 12.6. The summed E-state index contributed by atoms with van der Waals surface area (Å²) in [4.78, 5) is 24.9. The molecule has 6 nitrogen and oxygen atoms in total. The molecule has 6 heteroatoms. The van der Waals surface area contributed by atoms with Crippen molar-refractivity contribution < 1.29 is 14.7 Å². The molecule has 0 radical (unpaired) electrons. The van der Waals surface area contributed by atoms with E-state index in [1.54, 1.807) is 19.1 Å². The van der Waals surface area contributed by atoms with E-state index in [0.717, 1.165) is 22.3 Å². The zero-order chi connectivity index (χ0) is 22.3. The summed E-state index contributed by atoms with van der Waals surface area (Å²) in [5.41, 5.74) is 16.1. The lowest BCUT2D eigenvalue weighted by molar-refractivity contribution is -0.129. The molecule has 0 heterocycles. The lowest BCUT2D eigenvalue weighted by Crippen LogP contribution is -2.42. The van der Waals surface area contributed by atoms with Crippen LogP contribution in [0.3, 0.4) is 0 Å². The Bertz CT molecular complexity index is 844. The van der Waals surface area contributed by atoms with Crippen molar-refractivity contribution in [2.45, 2.75) is 52.1 Å². The van der Waals surface area contributed by atoms with Gasteiger partial charge in [-0.05, 0) is 61.1 Å². The molecular formula is C24H33N3O3. The van der Waals surface area contributed by atoms with Gasteiger partial charge in [0.2, 0.25) is 5.91 Å². The van der Waals surface area contributed by atoms with Gasteiger partial charge in [-0.3, -0.25) is 9.59 Å². The first-order valence-corrected chi connectivity index (χ1v) is 10.3. The van der Waals surface area contributed by atoms with Crippen LogP contribution in [0.15, 0.2) is 42.5 Å². The molecule has 0 aromatic heterocycles. The number of carbonyl (C=O) groups excluding carboxylic acids is 2. The van der Waals surface area contributed by atoms with Gasteiger partial charge in [0.15, 0.2) is 5.78 Å². The molecule has 0 saturated heterocycles. The highest BCUT2D eigenvalue weighted by Gasteiger charge is 2.23. The number of nitrogens with one attached hydrogen (secondary N) is 1. The summed E-state index contributed by atoms with van der Waals surface area (Å²) in [7, 11) is 0. The number of nitrogens with two attached hydrogens (primary N) is 2. The molecule has 2 aromatic rings. The van der Waals surface area contributed by atoms with Gasteiger partial charge in [-0.2, -0.15) is 0 Å². The number of hydrogen-bond acceptors (Lipinski definition) is 5. The quantitative estimate of drug-likeness (QED) is 0.478. The Hall–Kier alpha value is -2.70. The fourth-order valence-corrected chi connectivity index (χ4v) is 3.57. The number of ketones is 1. The Kier molecular flexibility index (Phi) is 8.57. The Morgan fingerprint density at radius 3 is 2.23 bits per heavy atom. The summed E-state index contributed by atoms with van der Waals surface area (Å²) in [6.45, 7) is 5.84. The van der Waals surface area contributed by atoms with Crippen LogP contribution in [0.5, 0.6) is 5.75 Å². The lowest BCUT2D eigenvalue weighted by Gasteiger charge is -2.18. The van der Waals surface area contributed by atoms with E-state index < -0.39 is 12.0 Å². The molecule has 6 N–H and O–H groups in total. The predicted molar refractivity (Wildman–Crippen MR) is 119 cm³/mol. The number of rotatable bonds is 10. The van der Waals surface area contributed by atoms with Gasteiger partial charge in [0.25, 0.3) is 0 Å². The van der Waals surface area contributed by atoms with E-state index in [1.165, 1.54) is 0 Å². The van der Waals surface area contributed by atoms with Crippen molar-refractivity contribution in [3.63, 3.8) is 0 Å². The number of phenolic OH excluding ortho intramolecular Hbond substituents is 1. The van der Waals surface area contributed by atoms with Crippen molar-refractivity contribution in [2.75, 3.05) is 6.54 Å². The zero-order valence-electron chi connectivity index (χ0n) is 18.0. The van der Waals surface area contributed by atoms with Crippen LogP contribution in [-0.2, 0) is 22.4 Å². The van der Waals surface area contributed by atoms with Crippen molar-refractivity contribution >= 4 is 11.7 Å². The first-order chi connectivity index (χ1) is 14.2. The molecule has 0 fully saturated rings. The summed E-state index contributed by atoms with van der Waals surface area (Å²) in [5.74, 6) is -0.631. The topological polar surface area (TPSA) is 118 Å². The highest BCUT2D eigenvalue weighted by atomic mass is 16.3. The van der Waals surface area contributed by atoms with Crippen molar-refractivity contribution in [3.8, 4) is 5.75 Å². The molecule has 30 heavy (non-hydrogen) atoms. The van der Waals surface area contributed by atoms with Crippen LogP contribution < -0.4 is 16.8 Å². The molecule has 0 aliphatic heterocycles. The van der Waals surface area contributed by atoms with Crippen LogP contribution >= 0.6 is 0 Å². The Labute approximate surface area is 178 Å². The lowest BCUT2D eigenvalue weighted by atomic mass is 9.91. The number of phenols is 1. The molecule has 2 rings (SSSR count). The predicted octanol–water partition coefficient (Wildman–Crippen LogP) is 2.16. The van der Waals surface area contributed by atoms with E-state index in [4.69, 9.17) is 11.5 Å². The largest absolute Gasteiger partial charge is 0.508 e. The van der Waals surface area contributed by atoms with E-state index in [-0.39, 0.29) is 29.9 Å². The fraction of sp³-hybridized carbons (Fsp3) is 0.417. The van der Waals surface area contributed by atoms with Gasteiger partial charge in [-0.15, -0.1) is 0 Å². The summed E-state index contributed by atoms with van der Waals surface area (Å²) in [6.07, 6.45) is 1.13. The number of amides is 1. The van der Waals surface area contributed by atoms with Crippen LogP contribution in [0.4, 0.5) is 0 Å². The monoisotopic (exact) mass is 411 g/mol. The smallest absolute Gasteiger partial charge is 0.223 e. The molecule has 1 amide bonds. The van der Waals surface area contributed by atoms with E-state index in [0.29, 0.717) is 19.4 Å². The third-order valence-electron chi connectivity index (χ3n) is 5.35. The molecule has 162 valence electrons. The Morgan fingerprint density at radius 2 is 1.63 bits per heavy atom. The number of carbonyl (C=O) groups is 2. The van der Waals surface area contributed by atoms with E-state index in [1.807, 2.05) is 44.2 Å².